The third-order valence-electron chi connectivity index (χ3n) is 1.48. The number of pyridine rings is 1. The zero-order chi connectivity index (χ0) is 10.1. The molecular weight excluding hydrogens is 192 g/mol. The quantitative estimate of drug-likeness (QED) is 0.694. The molecule has 2 aromatic rings. The molecule has 0 spiro atoms. The van der Waals surface area contributed by atoms with Crippen LogP contribution in [0.3, 0.4) is 0 Å². The van der Waals surface area contributed by atoms with Crippen LogP contribution in [0.15, 0.2) is 27.5 Å². The van der Waals surface area contributed by atoms with Gasteiger partial charge in [-0.15, -0.1) is 0 Å². The first-order valence-electron chi connectivity index (χ1n) is 3.56. The summed E-state index contributed by atoms with van der Waals surface area (Å²) in [6, 6.07) is 3.03. The molecule has 2 rings (SSSR count). The monoisotopic (exact) mass is 196 g/mol. The summed E-state index contributed by atoms with van der Waals surface area (Å²) in [6.45, 7) is 0. The molecule has 2 heterocycles. The van der Waals surface area contributed by atoms with E-state index in [1.165, 1.54) is 12.3 Å². The molecule has 0 bridgehead atoms. The van der Waals surface area contributed by atoms with Gasteiger partial charge in [-0.05, 0) is 12.1 Å². The van der Waals surface area contributed by atoms with Crippen LogP contribution in [0.1, 0.15) is 0 Å². The Morgan fingerprint density at radius 1 is 1.64 bits per heavy atom. The number of fused-ring (bicyclic) bond motifs is 1. The summed E-state index contributed by atoms with van der Waals surface area (Å²) in [4.78, 5) is 29.2. The molecule has 0 aromatic carbocycles. The summed E-state index contributed by atoms with van der Waals surface area (Å²) in [5.74, 6) is -0.930. The smallest absolute Gasteiger partial charge is 0.448 e. The van der Waals surface area contributed by atoms with Crippen molar-refractivity contribution in [3.8, 4) is 0 Å². The average Bonchev–Trinajstić information content (AvgIpc) is 2.43. The van der Waals surface area contributed by atoms with Crippen LogP contribution >= 0.6 is 0 Å². The fourth-order valence-electron chi connectivity index (χ4n) is 0.995. The minimum absolute atomic E-state index is 0.0277. The third kappa shape index (κ3) is 1.20. The molecule has 7 heteroatoms. The fraction of sp³-hybridized carbons (Fsp3) is 0. The molecule has 72 valence electrons. The van der Waals surface area contributed by atoms with E-state index in [2.05, 4.69) is 14.2 Å². The van der Waals surface area contributed by atoms with Crippen molar-refractivity contribution in [3.05, 3.63) is 28.9 Å². The number of carbonyl (C=O) groups is 1. The summed E-state index contributed by atoms with van der Waals surface area (Å²) < 4.78 is 5.13. The van der Waals surface area contributed by atoms with Crippen LogP contribution < -0.4 is 10.6 Å². The molecule has 0 atom stereocenters. The van der Waals surface area contributed by atoms with Crippen molar-refractivity contribution in [1.29, 1.82) is 0 Å². The summed E-state index contributed by atoms with van der Waals surface area (Å²) in [5, 5.41) is 8.32. The Bertz CT molecular complexity index is 540. The van der Waals surface area contributed by atoms with E-state index in [-0.39, 0.29) is 11.2 Å². The molecule has 0 amide bonds. The van der Waals surface area contributed by atoms with Crippen LogP contribution in [-0.4, -0.2) is 21.0 Å². The van der Waals surface area contributed by atoms with Gasteiger partial charge in [-0.1, -0.05) is 4.73 Å². The van der Waals surface area contributed by atoms with Gasteiger partial charge in [0.05, 0.1) is 0 Å². The second-order valence-electron chi connectivity index (χ2n) is 2.34. The number of hydrogen-bond donors (Lipinski definition) is 1. The van der Waals surface area contributed by atoms with Gasteiger partial charge in [-0.2, -0.15) is 0 Å². The highest BCUT2D eigenvalue weighted by Gasteiger charge is 2.13. The van der Waals surface area contributed by atoms with Gasteiger partial charge in [0.2, 0.25) is 5.65 Å². The standard InChI is InChI=1S/C7H4N2O5/c10-6-9(14-7(11)12)5-4(13-6)2-1-3-8-5/h1-3H,(H,11,12). The Kier molecular flexibility index (Phi) is 1.70. The first-order valence-corrected chi connectivity index (χ1v) is 3.56. The highest BCUT2D eigenvalue weighted by molar-refractivity contribution is 5.68. The Morgan fingerprint density at radius 3 is 3.14 bits per heavy atom. The van der Waals surface area contributed by atoms with Crippen LogP contribution in [0, 0.1) is 0 Å². The number of aromatic nitrogens is 2. The van der Waals surface area contributed by atoms with E-state index in [1.54, 1.807) is 6.07 Å². The second-order valence-corrected chi connectivity index (χ2v) is 2.34. The van der Waals surface area contributed by atoms with E-state index in [0.717, 1.165) is 0 Å². The molecule has 0 saturated heterocycles. The molecule has 0 aliphatic rings. The normalized spacial score (nSPS) is 10.3. The second kappa shape index (κ2) is 2.87. The summed E-state index contributed by atoms with van der Waals surface area (Å²) >= 11 is 0. The van der Waals surface area contributed by atoms with Crippen LogP contribution in [0.25, 0.3) is 11.2 Å². The first kappa shape index (κ1) is 8.30. The summed E-state index contributed by atoms with van der Waals surface area (Å²) in [6.07, 6.45) is -0.223. The average molecular weight is 196 g/mol. The molecule has 0 aliphatic heterocycles. The largest absolute Gasteiger partial charge is 0.531 e. The predicted molar refractivity (Wildman–Crippen MR) is 42.9 cm³/mol. The zero-order valence-electron chi connectivity index (χ0n) is 6.71. The lowest BCUT2D eigenvalue weighted by molar-refractivity contribution is 0.0775. The van der Waals surface area contributed by atoms with Crippen molar-refractivity contribution in [3.63, 3.8) is 0 Å². The highest BCUT2D eigenvalue weighted by atomic mass is 16.8. The highest BCUT2D eigenvalue weighted by Crippen LogP contribution is 2.06. The maximum atomic E-state index is 11.0. The maximum Gasteiger partial charge on any atom is 0.531 e. The van der Waals surface area contributed by atoms with E-state index >= 15 is 0 Å². The van der Waals surface area contributed by atoms with Crippen molar-refractivity contribution in [2.24, 2.45) is 0 Å². The molecular formula is C7H4N2O5. The first-order chi connectivity index (χ1) is 6.68. The maximum absolute atomic E-state index is 11.0. The van der Waals surface area contributed by atoms with Gasteiger partial charge in [0, 0.05) is 6.20 Å². The van der Waals surface area contributed by atoms with E-state index in [1.807, 2.05) is 0 Å². The van der Waals surface area contributed by atoms with Crippen LogP contribution in [0.5, 0.6) is 0 Å². The molecule has 2 aromatic heterocycles. The lowest BCUT2D eigenvalue weighted by Gasteiger charge is -1.95. The summed E-state index contributed by atoms with van der Waals surface area (Å²) in [7, 11) is 0. The van der Waals surface area contributed by atoms with E-state index in [4.69, 9.17) is 5.11 Å². The number of hydrogen-bond acceptors (Lipinski definition) is 5. The van der Waals surface area contributed by atoms with Crippen LogP contribution in [0.4, 0.5) is 4.79 Å². The lowest BCUT2D eigenvalue weighted by Crippen LogP contribution is -2.26. The molecule has 0 radical (unpaired) electrons. The van der Waals surface area contributed by atoms with Crippen molar-refractivity contribution < 1.29 is 19.2 Å². The minimum atomic E-state index is -1.61. The van der Waals surface area contributed by atoms with Gasteiger partial charge in [0.1, 0.15) is 0 Å². The number of nitrogens with zero attached hydrogens (tertiary/aromatic N) is 2. The van der Waals surface area contributed by atoms with Gasteiger partial charge < -0.3 is 9.52 Å². The Labute approximate surface area is 76.1 Å². The van der Waals surface area contributed by atoms with Gasteiger partial charge in [-0.3, -0.25) is 4.84 Å². The number of rotatable bonds is 1. The zero-order valence-corrected chi connectivity index (χ0v) is 6.71. The van der Waals surface area contributed by atoms with Gasteiger partial charge in [0.25, 0.3) is 0 Å². The molecule has 1 N–H and O–H groups in total. The van der Waals surface area contributed by atoms with Gasteiger partial charge in [-0.25, -0.2) is 14.6 Å². The lowest BCUT2D eigenvalue weighted by atomic mass is 10.5. The minimum Gasteiger partial charge on any atom is -0.448 e. The summed E-state index contributed by atoms with van der Waals surface area (Å²) in [5.41, 5.74) is 0.193. The van der Waals surface area contributed by atoms with Crippen molar-refractivity contribution in [1.82, 2.24) is 9.71 Å². The predicted octanol–water partition coefficient (Wildman–Crippen LogP) is 0.0961. The molecule has 0 unspecified atom stereocenters. The van der Waals surface area contributed by atoms with Gasteiger partial charge in [0.15, 0.2) is 5.58 Å². The molecule has 0 fully saturated rings. The molecule has 0 aliphatic carbocycles. The van der Waals surface area contributed by atoms with Crippen LogP contribution in [0.2, 0.25) is 0 Å². The van der Waals surface area contributed by atoms with Crippen molar-refractivity contribution in [2.75, 3.05) is 0 Å². The molecule has 7 nitrogen and oxygen atoms in total. The van der Waals surface area contributed by atoms with Crippen LogP contribution in [-0.2, 0) is 0 Å². The third-order valence-corrected chi connectivity index (χ3v) is 1.48. The Balaban J connectivity index is 2.68. The van der Waals surface area contributed by atoms with Crippen molar-refractivity contribution >= 4 is 17.4 Å². The number of oxazole rings is 1. The van der Waals surface area contributed by atoms with E-state index < -0.39 is 11.9 Å². The van der Waals surface area contributed by atoms with Gasteiger partial charge >= 0.3 is 11.9 Å². The fourth-order valence-corrected chi connectivity index (χ4v) is 0.995. The molecule has 0 saturated carbocycles. The van der Waals surface area contributed by atoms with E-state index in [9.17, 15) is 9.59 Å². The SMILES string of the molecule is O=C(O)On1c(=O)oc2cccnc21. The molecule has 14 heavy (non-hydrogen) atoms. The Morgan fingerprint density at radius 2 is 2.43 bits per heavy atom. The topological polar surface area (TPSA) is 94.6 Å². The van der Waals surface area contributed by atoms with Crippen molar-refractivity contribution in [2.45, 2.75) is 0 Å². The Hall–Kier alpha value is -2.31. The van der Waals surface area contributed by atoms with E-state index in [0.29, 0.717) is 4.73 Å². The number of carboxylic acid groups (broad SMARTS) is 1.